The molecule has 0 bridgehead atoms. The van der Waals surface area contributed by atoms with Gasteiger partial charge in [-0.3, -0.25) is 0 Å². The number of benzene rings is 2. The molecule has 0 radical (unpaired) electrons. The van der Waals surface area contributed by atoms with E-state index < -0.39 is 0 Å². The first-order chi connectivity index (χ1) is 10.1. The molecule has 2 aromatic rings. The summed E-state index contributed by atoms with van der Waals surface area (Å²) in [5.74, 6) is 0.349. The Morgan fingerprint density at radius 2 is 1.81 bits per heavy atom. The monoisotopic (exact) mass is 337 g/mol. The summed E-state index contributed by atoms with van der Waals surface area (Å²) < 4.78 is 0. The van der Waals surface area contributed by atoms with Crippen molar-refractivity contribution in [2.24, 2.45) is 5.73 Å². The molecule has 0 amide bonds. The van der Waals surface area contributed by atoms with E-state index in [1.807, 2.05) is 12.1 Å². The minimum atomic E-state index is 0.134. The summed E-state index contributed by atoms with van der Waals surface area (Å²) in [7, 11) is 0. The maximum absolute atomic E-state index is 6.28. The summed E-state index contributed by atoms with van der Waals surface area (Å²) in [5, 5.41) is 1.22. The van der Waals surface area contributed by atoms with E-state index in [9.17, 15) is 0 Å². The molecule has 0 heterocycles. The van der Waals surface area contributed by atoms with Crippen molar-refractivity contribution in [2.75, 3.05) is 6.26 Å². The molecule has 2 N–H and O–H groups in total. The van der Waals surface area contributed by atoms with Crippen LogP contribution in [0.2, 0.25) is 10.0 Å². The lowest BCUT2D eigenvalue weighted by molar-refractivity contribution is 0.529. The van der Waals surface area contributed by atoms with Crippen LogP contribution in [0.4, 0.5) is 0 Å². The van der Waals surface area contributed by atoms with E-state index in [1.165, 1.54) is 21.6 Å². The highest BCUT2D eigenvalue weighted by atomic mass is 35.5. The Labute approximate surface area is 139 Å². The van der Waals surface area contributed by atoms with Crippen molar-refractivity contribution in [1.82, 2.24) is 0 Å². The van der Waals surface area contributed by atoms with Gasteiger partial charge in [0.1, 0.15) is 0 Å². The van der Waals surface area contributed by atoms with Crippen LogP contribution in [0.15, 0.2) is 41.3 Å². The van der Waals surface area contributed by atoms with E-state index in [0.717, 1.165) is 12.8 Å². The molecule has 0 spiro atoms. The topological polar surface area (TPSA) is 26.0 Å². The van der Waals surface area contributed by atoms with Crippen molar-refractivity contribution in [2.45, 2.75) is 29.7 Å². The largest absolute Gasteiger partial charge is 0.324 e. The van der Waals surface area contributed by atoms with Crippen LogP contribution < -0.4 is 5.73 Å². The molecule has 0 aliphatic heterocycles. The molecule has 0 aromatic heterocycles. The third kappa shape index (κ3) is 2.95. The molecule has 0 saturated heterocycles. The number of halogens is 2. The lowest BCUT2D eigenvalue weighted by Gasteiger charge is -2.30. The van der Waals surface area contributed by atoms with Crippen molar-refractivity contribution < 1.29 is 0 Å². The minimum Gasteiger partial charge on any atom is -0.324 e. The van der Waals surface area contributed by atoms with Crippen molar-refractivity contribution in [3.05, 3.63) is 63.1 Å². The van der Waals surface area contributed by atoms with E-state index in [0.29, 0.717) is 16.0 Å². The standard InChI is InChI=1S/C17H17Cl2NS/c1-21-11-3-4-13-14(9-11)12(5-7-17(13)20)10-2-6-15(18)16(19)8-10/h2-4,6,8-9,12,17H,5,7,20H2,1H3/t12-,17-/m0/s1. The normalized spacial score (nSPS) is 21.1. The summed E-state index contributed by atoms with van der Waals surface area (Å²) in [5.41, 5.74) is 10.1. The van der Waals surface area contributed by atoms with E-state index in [-0.39, 0.29) is 6.04 Å². The molecule has 2 aromatic carbocycles. The van der Waals surface area contributed by atoms with E-state index in [1.54, 1.807) is 11.8 Å². The second-order valence-electron chi connectivity index (χ2n) is 5.40. The first kappa shape index (κ1) is 15.2. The SMILES string of the molecule is CSc1ccc2c(c1)[C@H](c1ccc(Cl)c(Cl)c1)CC[C@@H]2N. The minimum absolute atomic E-state index is 0.134. The van der Waals surface area contributed by atoms with Crippen LogP contribution in [-0.4, -0.2) is 6.26 Å². The fourth-order valence-corrected chi connectivity index (χ4v) is 3.81. The molecule has 21 heavy (non-hydrogen) atoms. The van der Waals surface area contributed by atoms with Gasteiger partial charge in [-0.1, -0.05) is 35.3 Å². The van der Waals surface area contributed by atoms with Crippen LogP contribution in [-0.2, 0) is 0 Å². The Balaban J connectivity index is 2.09. The van der Waals surface area contributed by atoms with Crippen LogP contribution in [0.25, 0.3) is 0 Å². The summed E-state index contributed by atoms with van der Waals surface area (Å²) in [4.78, 5) is 1.27. The molecule has 3 rings (SSSR count). The third-order valence-corrected chi connectivity index (χ3v) is 5.65. The van der Waals surface area contributed by atoms with Crippen molar-refractivity contribution >= 4 is 35.0 Å². The number of hydrogen-bond donors (Lipinski definition) is 1. The number of rotatable bonds is 2. The van der Waals surface area contributed by atoms with Crippen molar-refractivity contribution in [3.8, 4) is 0 Å². The average Bonchev–Trinajstić information content (AvgIpc) is 2.50. The van der Waals surface area contributed by atoms with Gasteiger partial charge in [0, 0.05) is 16.9 Å². The summed E-state index contributed by atoms with van der Waals surface area (Å²) >= 11 is 14.0. The molecule has 1 aliphatic rings. The smallest absolute Gasteiger partial charge is 0.0595 e. The summed E-state index contributed by atoms with van der Waals surface area (Å²) in [6.07, 6.45) is 4.14. The zero-order valence-corrected chi connectivity index (χ0v) is 14.1. The van der Waals surface area contributed by atoms with Gasteiger partial charge in [0.05, 0.1) is 10.0 Å². The first-order valence-corrected chi connectivity index (χ1v) is 8.96. The molecule has 0 unspecified atom stereocenters. The molecular formula is C17H17Cl2NS. The maximum atomic E-state index is 6.28. The van der Waals surface area contributed by atoms with Crippen LogP contribution in [0.5, 0.6) is 0 Å². The van der Waals surface area contributed by atoms with Crippen LogP contribution >= 0.6 is 35.0 Å². The quantitative estimate of drug-likeness (QED) is 0.717. The van der Waals surface area contributed by atoms with Gasteiger partial charge in [-0.25, -0.2) is 0 Å². The second kappa shape index (κ2) is 6.21. The van der Waals surface area contributed by atoms with Crippen molar-refractivity contribution in [3.63, 3.8) is 0 Å². The molecule has 4 heteroatoms. The van der Waals surface area contributed by atoms with E-state index in [2.05, 4.69) is 30.5 Å². The van der Waals surface area contributed by atoms with Crippen molar-refractivity contribution in [1.29, 1.82) is 0 Å². The highest BCUT2D eigenvalue weighted by Crippen LogP contribution is 2.42. The van der Waals surface area contributed by atoms with Gasteiger partial charge in [-0.05, 0) is 60.1 Å². The lowest BCUT2D eigenvalue weighted by Crippen LogP contribution is -2.21. The zero-order valence-electron chi connectivity index (χ0n) is 11.8. The number of fused-ring (bicyclic) bond motifs is 1. The third-order valence-electron chi connectivity index (χ3n) is 4.18. The number of nitrogens with two attached hydrogens (primary N) is 1. The van der Waals surface area contributed by atoms with Gasteiger partial charge >= 0.3 is 0 Å². The first-order valence-electron chi connectivity index (χ1n) is 6.98. The molecule has 0 fully saturated rings. The van der Waals surface area contributed by atoms with Gasteiger partial charge in [-0.2, -0.15) is 0 Å². The Morgan fingerprint density at radius 3 is 2.52 bits per heavy atom. The predicted molar refractivity (Wildman–Crippen MR) is 92.7 cm³/mol. The summed E-state index contributed by atoms with van der Waals surface area (Å²) in [6, 6.07) is 12.7. The van der Waals surface area contributed by atoms with Crippen LogP contribution in [0.1, 0.15) is 41.5 Å². The predicted octanol–water partition coefficient (Wildman–Crippen LogP) is 5.64. The molecule has 1 aliphatic carbocycles. The Hall–Kier alpha value is -0.670. The van der Waals surface area contributed by atoms with Gasteiger partial charge in [-0.15, -0.1) is 11.8 Å². The Bertz CT molecular complexity index is 672. The van der Waals surface area contributed by atoms with Gasteiger partial charge in [0.15, 0.2) is 0 Å². The zero-order chi connectivity index (χ0) is 15.0. The molecule has 2 atom stereocenters. The van der Waals surface area contributed by atoms with Gasteiger partial charge < -0.3 is 5.73 Å². The fraction of sp³-hybridized carbons (Fsp3) is 0.294. The Kier molecular flexibility index (Phi) is 4.51. The number of thioether (sulfide) groups is 1. The lowest BCUT2D eigenvalue weighted by atomic mass is 9.77. The van der Waals surface area contributed by atoms with E-state index >= 15 is 0 Å². The summed E-state index contributed by atoms with van der Waals surface area (Å²) in [6.45, 7) is 0. The molecule has 0 saturated carbocycles. The van der Waals surface area contributed by atoms with Gasteiger partial charge in [0.25, 0.3) is 0 Å². The van der Waals surface area contributed by atoms with Crippen LogP contribution in [0, 0.1) is 0 Å². The molecule has 110 valence electrons. The maximum Gasteiger partial charge on any atom is 0.0595 e. The van der Waals surface area contributed by atoms with Gasteiger partial charge in [0.2, 0.25) is 0 Å². The van der Waals surface area contributed by atoms with E-state index in [4.69, 9.17) is 28.9 Å². The van der Waals surface area contributed by atoms with Crippen LogP contribution in [0.3, 0.4) is 0 Å². The highest BCUT2D eigenvalue weighted by Gasteiger charge is 2.26. The second-order valence-corrected chi connectivity index (χ2v) is 7.10. The Morgan fingerprint density at radius 1 is 1.00 bits per heavy atom. The molecular weight excluding hydrogens is 321 g/mol. The molecule has 1 nitrogen and oxygen atoms in total. The number of hydrogen-bond acceptors (Lipinski definition) is 2. The highest BCUT2D eigenvalue weighted by molar-refractivity contribution is 7.98. The average molecular weight is 338 g/mol. The fourth-order valence-electron chi connectivity index (χ4n) is 3.05.